The zero-order chi connectivity index (χ0) is 16.4. The maximum absolute atomic E-state index is 12.1. The Morgan fingerprint density at radius 3 is 2.57 bits per heavy atom. The molecule has 0 aliphatic rings. The molecule has 0 spiro atoms. The lowest BCUT2D eigenvalue weighted by Gasteiger charge is -2.03. The zero-order valence-electron chi connectivity index (χ0n) is 13.6. The smallest absolute Gasteiger partial charge is 0.175 e. The summed E-state index contributed by atoms with van der Waals surface area (Å²) in [6.07, 6.45) is 0. The van der Waals surface area contributed by atoms with Gasteiger partial charge < -0.3 is 0 Å². The van der Waals surface area contributed by atoms with Gasteiger partial charge in [-0.05, 0) is 30.7 Å². The van der Waals surface area contributed by atoms with Crippen LogP contribution in [0.3, 0.4) is 0 Å². The first kappa shape index (κ1) is 15.7. The predicted octanol–water partition coefficient (Wildman–Crippen LogP) is 5.14. The number of Topliss-reactive ketones (excluding diaryl/α,β-unsaturated/α-hetero) is 1. The number of thiophene rings is 1. The lowest BCUT2D eigenvalue weighted by Crippen LogP contribution is -2.04. The molecule has 3 nitrogen and oxygen atoms in total. The maximum atomic E-state index is 12.1. The van der Waals surface area contributed by atoms with Crippen molar-refractivity contribution in [3.63, 3.8) is 0 Å². The minimum Gasteiger partial charge on any atom is -0.293 e. The van der Waals surface area contributed by atoms with Crippen LogP contribution in [0, 0.1) is 5.92 Å². The van der Waals surface area contributed by atoms with Gasteiger partial charge in [0, 0.05) is 12.5 Å². The standard InChI is InChI=1S/C19H20N2OS/c1-4-21-16(14-8-6-5-7-9-14)12-15(20-21)17-10-11-18(23-17)19(22)13(2)3/h5-13H,4H2,1-3H3. The lowest BCUT2D eigenvalue weighted by atomic mass is 10.1. The molecule has 4 heteroatoms. The Bertz CT molecular complexity index is 815. The van der Waals surface area contributed by atoms with E-state index in [2.05, 4.69) is 25.1 Å². The summed E-state index contributed by atoms with van der Waals surface area (Å²) in [5.74, 6) is 0.217. The van der Waals surface area contributed by atoms with E-state index >= 15 is 0 Å². The molecular formula is C19H20N2OS. The van der Waals surface area contributed by atoms with Crippen LogP contribution in [-0.4, -0.2) is 15.6 Å². The molecule has 0 aliphatic carbocycles. The third-order valence-corrected chi connectivity index (χ3v) is 4.90. The van der Waals surface area contributed by atoms with Gasteiger partial charge >= 0.3 is 0 Å². The highest BCUT2D eigenvalue weighted by molar-refractivity contribution is 7.17. The summed E-state index contributed by atoms with van der Waals surface area (Å²) >= 11 is 1.52. The average molecular weight is 324 g/mol. The molecule has 0 amide bonds. The molecule has 2 heterocycles. The van der Waals surface area contributed by atoms with E-state index in [0.29, 0.717) is 0 Å². The van der Waals surface area contributed by atoms with Crippen LogP contribution in [0.2, 0.25) is 0 Å². The molecule has 0 atom stereocenters. The molecule has 0 fully saturated rings. The first-order chi connectivity index (χ1) is 11.1. The van der Waals surface area contributed by atoms with E-state index in [-0.39, 0.29) is 11.7 Å². The Balaban J connectivity index is 1.99. The van der Waals surface area contributed by atoms with E-state index in [1.165, 1.54) is 11.3 Å². The number of carbonyl (C=O) groups is 1. The van der Waals surface area contributed by atoms with Crippen LogP contribution < -0.4 is 0 Å². The second-order valence-corrected chi connectivity index (χ2v) is 6.86. The number of hydrogen-bond donors (Lipinski definition) is 0. The molecule has 3 aromatic rings. The number of rotatable bonds is 5. The van der Waals surface area contributed by atoms with E-state index in [4.69, 9.17) is 5.10 Å². The number of aromatic nitrogens is 2. The number of hydrogen-bond acceptors (Lipinski definition) is 3. The largest absolute Gasteiger partial charge is 0.293 e. The van der Waals surface area contributed by atoms with Gasteiger partial charge in [-0.2, -0.15) is 5.10 Å². The quantitative estimate of drug-likeness (QED) is 0.609. The van der Waals surface area contributed by atoms with Crippen molar-refractivity contribution in [2.45, 2.75) is 27.3 Å². The van der Waals surface area contributed by atoms with Crippen LogP contribution in [0.1, 0.15) is 30.4 Å². The highest BCUT2D eigenvalue weighted by Gasteiger charge is 2.16. The van der Waals surface area contributed by atoms with Gasteiger partial charge in [0.05, 0.1) is 15.4 Å². The molecule has 23 heavy (non-hydrogen) atoms. The fourth-order valence-electron chi connectivity index (χ4n) is 2.51. The van der Waals surface area contributed by atoms with Crippen LogP contribution in [-0.2, 0) is 6.54 Å². The first-order valence-corrected chi connectivity index (χ1v) is 8.69. The molecule has 0 aliphatic heterocycles. The Labute approximate surface area is 140 Å². The minimum absolute atomic E-state index is 0.0228. The summed E-state index contributed by atoms with van der Waals surface area (Å²) in [7, 11) is 0. The predicted molar refractivity (Wildman–Crippen MR) is 95.8 cm³/mol. The van der Waals surface area contributed by atoms with E-state index in [0.717, 1.165) is 33.3 Å². The molecule has 0 bridgehead atoms. The highest BCUT2D eigenvalue weighted by Crippen LogP contribution is 2.31. The van der Waals surface area contributed by atoms with Crippen LogP contribution in [0.15, 0.2) is 48.5 Å². The van der Waals surface area contributed by atoms with E-state index in [1.807, 2.05) is 48.9 Å². The zero-order valence-corrected chi connectivity index (χ0v) is 14.4. The molecule has 0 unspecified atom stereocenters. The maximum Gasteiger partial charge on any atom is 0.175 e. The molecule has 0 saturated heterocycles. The van der Waals surface area contributed by atoms with Gasteiger partial charge in [-0.25, -0.2) is 0 Å². The van der Waals surface area contributed by atoms with Gasteiger partial charge in [0.2, 0.25) is 0 Å². The third kappa shape index (κ3) is 3.13. The number of nitrogens with zero attached hydrogens (tertiary/aromatic N) is 2. The van der Waals surface area contributed by atoms with E-state index in [1.54, 1.807) is 0 Å². The van der Waals surface area contributed by atoms with E-state index < -0.39 is 0 Å². The average Bonchev–Trinajstić information content (AvgIpc) is 3.21. The summed E-state index contributed by atoms with van der Waals surface area (Å²) in [5.41, 5.74) is 3.19. The number of benzene rings is 1. The van der Waals surface area contributed by atoms with Gasteiger partial charge in [0.25, 0.3) is 0 Å². The monoisotopic (exact) mass is 324 g/mol. The van der Waals surface area contributed by atoms with Crippen LogP contribution in [0.5, 0.6) is 0 Å². The molecule has 0 radical (unpaired) electrons. The molecule has 0 N–H and O–H groups in total. The number of carbonyl (C=O) groups excluding carboxylic acids is 1. The van der Waals surface area contributed by atoms with Crippen LogP contribution in [0.25, 0.3) is 21.8 Å². The SMILES string of the molecule is CCn1nc(-c2ccc(C(=O)C(C)C)s2)cc1-c1ccccc1. The van der Waals surface area contributed by atoms with Crippen molar-refractivity contribution in [1.29, 1.82) is 0 Å². The van der Waals surface area contributed by atoms with Crippen molar-refractivity contribution >= 4 is 17.1 Å². The van der Waals surface area contributed by atoms with Crippen molar-refractivity contribution in [1.82, 2.24) is 9.78 Å². The van der Waals surface area contributed by atoms with Gasteiger partial charge in [-0.3, -0.25) is 9.48 Å². The molecule has 1 aromatic carbocycles. The molecule has 3 rings (SSSR count). The third-order valence-electron chi connectivity index (χ3n) is 3.77. The Hall–Kier alpha value is -2.20. The van der Waals surface area contributed by atoms with Gasteiger partial charge in [-0.1, -0.05) is 44.2 Å². The Morgan fingerprint density at radius 2 is 1.91 bits per heavy atom. The van der Waals surface area contributed by atoms with E-state index in [9.17, 15) is 4.79 Å². The fraction of sp³-hybridized carbons (Fsp3) is 0.263. The Kier molecular flexibility index (Phi) is 4.44. The summed E-state index contributed by atoms with van der Waals surface area (Å²) in [5, 5.41) is 4.71. The summed E-state index contributed by atoms with van der Waals surface area (Å²) < 4.78 is 2.01. The molecule has 118 valence electrons. The lowest BCUT2D eigenvalue weighted by molar-refractivity contribution is 0.0943. The van der Waals surface area contributed by atoms with Crippen LogP contribution >= 0.6 is 11.3 Å². The highest BCUT2D eigenvalue weighted by atomic mass is 32.1. The van der Waals surface area contributed by atoms with Crippen molar-refractivity contribution in [2.24, 2.45) is 5.92 Å². The topological polar surface area (TPSA) is 34.9 Å². The van der Waals surface area contributed by atoms with Crippen molar-refractivity contribution in [3.8, 4) is 21.8 Å². The molecular weight excluding hydrogens is 304 g/mol. The van der Waals surface area contributed by atoms with Gasteiger partial charge in [-0.15, -0.1) is 11.3 Å². The fourth-order valence-corrected chi connectivity index (χ4v) is 3.56. The molecule has 0 saturated carbocycles. The van der Waals surface area contributed by atoms with Crippen molar-refractivity contribution in [2.75, 3.05) is 0 Å². The second kappa shape index (κ2) is 6.50. The number of ketones is 1. The molecule has 2 aromatic heterocycles. The van der Waals surface area contributed by atoms with Crippen LogP contribution in [0.4, 0.5) is 0 Å². The first-order valence-electron chi connectivity index (χ1n) is 7.88. The second-order valence-electron chi connectivity index (χ2n) is 5.78. The summed E-state index contributed by atoms with van der Waals surface area (Å²) in [4.78, 5) is 14.0. The normalized spacial score (nSPS) is 11.1. The Morgan fingerprint density at radius 1 is 1.17 bits per heavy atom. The number of aryl methyl sites for hydroxylation is 1. The van der Waals surface area contributed by atoms with Gasteiger partial charge in [0.15, 0.2) is 5.78 Å². The summed E-state index contributed by atoms with van der Waals surface area (Å²) in [6.45, 7) is 6.76. The van der Waals surface area contributed by atoms with Gasteiger partial charge in [0.1, 0.15) is 5.69 Å². The van der Waals surface area contributed by atoms with Crippen molar-refractivity contribution < 1.29 is 4.79 Å². The van der Waals surface area contributed by atoms with Crippen molar-refractivity contribution in [3.05, 3.63) is 53.4 Å². The summed E-state index contributed by atoms with van der Waals surface area (Å²) in [6, 6.07) is 16.3. The minimum atomic E-state index is 0.0228.